The fraction of sp³-hybridized carbons (Fsp3) is 0.250. The number of aromatic nitrogens is 4. The SMILES string of the molecule is Cc1cnc(-c2cc[n+](CCC(=O)O)nc2)nc1. The molecule has 0 saturated carbocycles. The molecule has 0 spiro atoms. The molecule has 0 aromatic carbocycles. The number of carboxylic acid groups (broad SMARTS) is 1. The lowest BCUT2D eigenvalue weighted by atomic mass is 10.3. The van der Waals surface area contributed by atoms with Gasteiger partial charge in [-0.05, 0) is 17.6 Å². The molecule has 92 valence electrons. The first-order chi connectivity index (χ1) is 8.65. The third-order valence-electron chi connectivity index (χ3n) is 2.37. The second kappa shape index (κ2) is 5.31. The molecule has 0 aliphatic heterocycles. The second-order valence-electron chi connectivity index (χ2n) is 3.91. The molecular weight excluding hydrogens is 232 g/mol. The summed E-state index contributed by atoms with van der Waals surface area (Å²) in [5, 5.41) is 12.7. The van der Waals surface area contributed by atoms with Crippen molar-refractivity contribution in [2.24, 2.45) is 0 Å². The number of hydrogen-bond acceptors (Lipinski definition) is 4. The summed E-state index contributed by atoms with van der Waals surface area (Å²) in [5.41, 5.74) is 1.81. The van der Waals surface area contributed by atoms with Crippen molar-refractivity contribution in [3.8, 4) is 11.4 Å². The summed E-state index contributed by atoms with van der Waals surface area (Å²) in [7, 11) is 0. The van der Waals surface area contributed by atoms with Crippen LogP contribution in [0.1, 0.15) is 12.0 Å². The number of nitrogens with zero attached hydrogens (tertiary/aromatic N) is 4. The van der Waals surface area contributed by atoms with E-state index in [1.807, 2.05) is 13.0 Å². The molecule has 18 heavy (non-hydrogen) atoms. The summed E-state index contributed by atoms with van der Waals surface area (Å²) in [4.78, 5) is 18.8. The second-order valence-corrected chi connectivity index (χ2v) is 3.91. The third-order valence-corrected chi connectivity index (χ3v) is 2.37. The molecule has 0 aliphatic rings. The first-order valence-corrected chi connectivity index (χ1v) is 5.52. The molecule has 2 aromatic rings. The molecule has 2 heterocycles. The molecule has 0 saturated heterocycles. The van der Waals surface area contributed by atoms with Crippen molar-refractivity contribution in [3.05, 3.63) is 36.4 Å². The lowest BCUT2D eigenvalue weighted by Crippen LogP contribution is -2.38. The highest BCUT2D eigenvalue weighted by Gasteiger charge is 2.08. The average Bonchev–Trinajstić information content (AvgIpc) is 2.38. The standard InChI is InChI=1S/C12H12N4O2/c1-9-6-13-12(14-7-9)10-2-4-16(15-8-10)5-3-11(17)18/h2,4,6-8H,3,5H2,1H3/p+1. The Bertz CT molecular complexity index is 537. The van der Waals surface area contributed by atoms with Gasteiger partial charge in [-0.1, -0.05) is 4.68 Å². The maximum atomic E-state index is 10.4. The number of carboxylic acids is 1. The van der Waals surface area contributed by atoms with Crippen LogP contribution >= 0.6 is 0 Å². The molecule has 2 aromatic heterocycles. The van der Waals surface area contributed by atoms with Crippen molar-refractivity contribution >= 4 is 5.97 Å². The molecule has 0 atom stereocenters. The molecule has 6 heteroatoms. The Hall–Kier alpha value is -2.37. The monoisotopic (exact) mass is 245 g/mol. The van der Waals surface area contributed by atoms with Gasteiger partial charge in [0.25, 0.3) is 0 Å². The average molecular weight is 245 g/mol. The molecule has 2 rings (SSSR count). The highest BCUT2D eigenvalue weighted by Crippen LogP contribution is 2.10. The van der Waals surface area contributed by atoms with Crippen LogP contribution in [0.4, 0.5) is 0 Å². The van der Waals surface area contributed by atoms with Crippen LogP contribution in [0.15, 0.2) is 30.9 Å². The number of hydrogen-bond donors (Lipinski definition) is 1. The summed E-state index contributed by atoms with van der Waals surface area (Å²) < 4.78 is 1.58. The Labute approximate surface area is 104 Å². The van der Waals surface area contributed by atoms with Crippen LogP contribution in [0.3, 0.4) is 0 Å². The fourth-order valence-corrected chi connectivity index (χ4v) is 1.40. The van der Waals surface area contributed by atoms with Crippen molar-refractivity contribution in [3.63, 3.8) is 0 Å². The van der Waals surface area contributed by atoms with E-state index < -0.39 is 5.97 Å². The van der Waals surface area contributed by atoms with E-state index in [1.54, 1.807) is 29.5 Å². The predicted octanol–water partition coefficient (Wildman–Crippen LogP) is 0.609. The van der Waals surface area contributed by atoms with Gasteiger partial charge < -0.3 is 5.11 Å². The van der Waals surface area contributed by atoms with E-state index in [-0.39, 0.29) is 6.42 Å². The molecular formula is C12H13N4O2+. The number of rotatable bonds is 4. The van der Waals surface area contributed by atoms with E-state index in [2.05, 4.69) is 15.1 Å². The Morgan fingerprint density at radius 1 is 1.33 bits per heavy atom. The summed E-state index contributed by atoms with van der Waals surface area (Å²) >= 11 is 0. The van der Waals surface area contributed by atoms with Crippen molar-refractivity contribution in [2.45, 2.75) is 19.9 Å². The Kier molecular flexibility index (Phi) is 3.57. The zero-order chi connectivity index (χ0) is 13.0. The first-order valence-electron chi connectivity index (χ1n) is 5.52. The topological polar surface area (TPSA) is 79.9 Å². The van der Waals surface area contributed by atoms with E-state index in [1.165, 1.54) is 0 Å². The summed E-state index contributed by atoms with van der Waals surface area (Å²) in [6, 6.07) is 1.82. The Morgan fingerprint density at radius 3 is 2.61 bits per heavy atom. The van der Waals surface area contributed by atoms with Gasteiger partial charge in [-0.25, -0.2) is 9.97 Å². The first kappa shape index (κ1) is 12.1. The number of carbonyl (C=O) groups is 1. The van der Waals surface area contributed by atoms with Crippen LogP contribution in [0.25, 0.3) is 11.4 Å². The summed E-state index contributed by atoms with van der Waals surface area (Å²) in [6.07, 6.45) is 6.90. The van der Waals surface area contributed by atoms with Gasteiger partial charge in [-0.2, -0.15) is 0 Å². The smallest absolute Gasteiger partial charge is 0.309 e. The molecule has 0 aliphatic carbocycles. The van der Waals surface area contributed by atoms with Crippen molar-refractivity contribution < 1.29 is 14.6 Å². The molecule has 0 fully saturated rings. The normalized spacial score (nSPS) is 10.3. The van der Waals surface area contributed by atoms with Gasteiger partial charge in [0.15, 0.2) is 18.6 Å². The van der Waals surface area contributed by atoms with Crippen molar-refractivity contribution in [2.75, 3.05) is 0 Å². The van der Waals surface area contributed by atoms with Gasteiger partial charge in [-0.15, -0.1) is 0 Å². The molecule has 0 amide bonds. The molecule has 0 radical (unpaired) electrons. The zero-order valence-corrected chi connectivity index (χ0v) is 9.95. The quantitative estimate of drug-likeness (QED) is 0.798. The molecule has 6 nitrogen and oxygen atoms in total. The highest BCUT2D eigenvalue weighted by molar-refractivity contribution is 5.66. The van der Waals surface area contributed by atoms with Crippen LogP contribution in [0, 0.1) is 6.92 Å². The predicted molar refractivity (Wildman–Crippen MR) is 62.4 cm³/mol. The minimum atomic E-state index is -0.838. The minimum Gasteiger partial charge on any atom is -0.481 e. The highest BCUT2D eigenvalue weighted by atomic mass is 16.4. The molecule has 0 unspecified atom stereocenters. The van der Waals surface area contributed by atoms with E-state index >= 15 is 0 Å². The summed E-state index contributed by atoms with van der Waals surface area (Å²) in [5.74, 6) is -0.228. The number of aryl methyl sites for hydroxylation is 2. The molecule has 1 N–H and O–H groups in total. The van der Waals surface area contributed by atoms with Crippen LogP contribution in [0.2, 0.25) is 0 Å². The fourth-order valence-electron chi connectivity index (χ4n) is 1.40. The van der Waals surface area contributed by atoms with Crippen LogP contribution in [-0.4, -0.2) is 26.1 Å². The van der Waals surface area contributed by atoms with Crippen molar-refractivity contribution in [1.29, 1.82) is 0 Å². The van der Waals surface area contributed by atoms with E-state index in [9.17, 15) is 4.79 Å². The zero-order valence-electron chi connectivity index (χ0n) is 9.95. The van der Waals surface area contributed by atoms with E-state index in [0.29, 0.717) is 12.4 Å². The maximum Gasteiger partial charge on any atom is 0.309 e. The van der Waals surface area contributed by atoms with Gasteiger partial charge in [-0.3, -0.25) is 4.79 Å². The third kappa shape index (κ3) is 3.07. The largest absolute Gasteiger partial charge is 0.481 e. The Balaban J connectivity index is 2.12. The van der Waals surface area contributed by atoms with Gasteiger partial charge >= 0.3 is 5.97 Å². The van der Waals surface area contributed by atoms with E-state index in [4.69, 9.17) is 5.11 Å². The van der Waals surface area contributed by atoms with Gasteiger partial charge in [0.05, 0.1) is 0 Å². The van der Waals surface area contributed by atoms with Crippen LogP contribution in [0.5, 0.6) is 0 Å². The lowest BCUT2D eigenvalue weighted by Gasteiger charge is -1.98. The minimum absolute atomic E-state index is 0.0536. The number of aliphatic carboxylic acids is 1. The van der Waals surface area contributed by atoms with Gasteiger partial charge in [0, 0.05) is 24.0 Å². The molecule has 0 bridgehead atoms. The van der Waals surface area contributed by atoms with Crippen molar-refractivity contribution in [1.82, 2.24) is 15.1 Å². The van der Waals surface area contributed by atoms with Gasteiger partial charge in [0.2, 0.25) is 0 Å². The van der Waals surface area contributed by atoms with E-state index in [0.717, 1.165) is 11.1 Å². The van der Waals surface area contributed by atoms with Gasteiger partial charge in [0.1, 0.15) is 12.6 Å². The Morgan fingerprint density at radius 2 is 2.06 bits per heavy atom. The van der Waals surface area contributed by atoms with Crippen LogP contribution < -0.4 is 4.68 Å². The maximum absolute atomic E-state index is 10.4. The van der Waals surface area contributed by atoms with Crippen LogP contribution in [-0.2, 0) is 11.3 Å². The lowest BCUT2D eigenvalue weighted by molar-refractivity contribution is -0.752. The summed E-state index contributed by atoms with van der Waals surface area (Å²) in [6.45, 7) is 2.28.